The Balaban J connectivity index is 1.42. The van der Waals surface area contributed by atoms with Crippen LogP contribution in [0.15, 0.2) is 146 Å². The van der Waals surface area contributed by atoms with Gasteiger partial charge in [-0.25, -0.2) is 0 Å². The molecule has 0 saturated heterocycles. The summed E-state index contributed by atoms with van der Waals surface area (Å²) in [5.41, 5.74) is 23.8. The minimum atomic E-state index is 0.781. The lowest BCUT2D eigenvalue weighted by molar-refractivity contribution is 1.18. The summed E-state index contributed by atoms with van der Waals surface area (Å²) in [5, 5.41) is 4.83. The average molecular weight is 583 g/mol. The number of nitrogens with two attached hydrogens (primary N) is 2. The van der Waals surface area contributed by atoms with Crippen LogP contribution in [-0.2, 0) is 0 Å². The van der Waals surface area contributed by atoms with E-state index in [9.17, 15) is 0 Å². The Morgan fingerprint density at radius 3 is 2.27 bits per heavy atom. The van der Waals surface area contributed by atoms with Crippen molar-refractivity contribution in [2.75, 3.05) is 0 Å². The Hall–Kier alpha value is -5.87. The van der Waals surface area contributed by atoms with E-state index in [-0.39, 0.29) is 0 Å². The first kappa shape index (κ1) is 27.9. The van der Waals surface area contributed by atoms with Gasteiger partial charge in [-0.1, -0.05) is 84.9 Å². The summed E-state index contributed by atoms with van der Waals surface area (Å²) < 4.78 is 2.40. The van der Waals surface area contributed by atoms with E-state index in [1.165, 1.54) is 27.1 Å². The lowest BCUT2D eigenvalue weighted by Crippen LogP contribution is -1.96. The van der Waals surface area contributed by atoms with Crippen molar-refractivity contribution >= 4 is 49.4 Å². The molecule has 7 aromatic rings. The van der Waals surface area contributed by atoms with Crippen LogP contribution in [0.25, 0.3) is 66.2 Å². The molecule has 45 heavy (non-hydrogen) atoms. The number of hydrogen-bond donors (Lipinski definition) is 2. The fraction of sp³-hybridized carbons (Fsp3) is 0.0488. The first-order valence-electron chi connectivity index (χ1n) is 15.2. The minimum absolute atomic E-state index is 0.781. The van der Waals surface area contributed by atoms with Crippen LogP contribution in [0.4, 0.5) is 0 Å². The molecule has 0 saturated carbocycles. The maximum atomic E-state index is 6.23. The number of allylic oxidation sites excluding steroid dienone is 4. The van der Waals surface area contributed by atoms with E-state index in [4.69, 9.17) is 11.5 Å². The first-order valence-corrected chi connectivity index (χ1v) is 15.2. The number of fused-ring (bicyclic) bond motifs is 5. The molecule has 0 unspecified atom stereocenters. The van der Waals surface area contributed by atoms with Gasteiger partial charge in [0.2, 0.25) is 0 Å². The summed E-state index contributed by atoms with van der Waals surface area (Å²) in [6.07, 6.45) is 7.46. The van der Waals surface area contributed by atoms with Gasteiger partial charge in [0.15, 0.2) is 0 Å². The Bertz CT molecular complexity index is 2290. The van der Waals surface area contributed by atoms with Crippen LogP contribution in [0.3, 0.4) is 0 Å². The summed E-state index contributed by atoms with van der Waals surface area (Å²) in [6.45, 7) is 4.09. The zero-order valence-electron chi connectivity index (χ0n) is 25.4. The topological polar surface area (TPSA) is 69.9 Å². The minimum Gasteiger partial charge on any atom is -0.404 e. The van der Waals surface area contributed by atoms with Crippen LogP contribution in [0.2, 0.25) is 0 Å². The summed E-state index contributed by atoms with van der Waals surface area (Å²) in [5.74, 6) is 0. The highest BCUT2D eigenvalue weighted by Crippen LogP contribution is 2.39. The second kappa shape index (κ2) is 11.7. The van der Waals surface area contributed by atoms with Gasteiger partial charge < -0.3 is 16.0 Å². The van der Waals surface area contributed by atoms with E-state index in [0.29, 0.717) is 0 Å². The van der Waals surface area contributed by atoms with Gasteiger partial charge in [-0.3, -0.25) is 4.98 Å². The molecule has 0 aliphatic heterocycles. The number of pyridine rings is 1. The highest BCUT2D eigenvalue weighted by atomic mass is 15.0. The van der Waals surface area contributed by atoms with Crippen LogP contribution in [0.1, 0.15) is 30.7 Å². The van der Waals surface area contributed by atoms with E-state index < -0.39 is 0 Å². The molecule has 7 rings (SSSR count). The van der Waals surface area contributed by atoms with Crippen molar-refractivity contribution in [2.24, 2.45) is 11.5 Å². The standard InChI is InChI=1S/C41H34N4/c1-3-38(43)32-11-9-10-29(24-32)30-16-18-35-31(23-30)17-20-37-36-19-15-28(27(2)22-33(26-42)39-14-7-8-21-44-39)25-40(36)45(41(35)37)34-12-5-4-6-13-34/h3-26H,42-43H2,1-2H3/b27-22+,33-26+,38-3-. The Kier molecular flexibility index (Phi) is 7.24. The second-order valence-electron chi connectivity index (χ2n) is 11.3. The quantitative estimate of drug-likeness (QED) is 0.192. The summed E-state index contributed by atoms with van der Waals surface area (Å²) in [4.78, 5) is 4.49. The molecule has 0 aliphatic carbocycles. The molecule has 5 aromatic carbocycles. The predicted molar refractivity (Wildman–Crippen MR) is 192 cm³/mol. The molecule has 0 fully saturated rings. The van der Waals surface area contributed by atoms with Gasteiger partial charge in [0.25, 0.3) is 0 Å². The smallest absolute Gasteiger partial charge is 0.0716 e. The van der Waals surface area contributed by atoms with Gasteiger partial charge in [-0.05, 0) is 95.6 Å². The number of hydrogen-bond acceptors (Lipinski definition) is 3. The number of rotatable bonds is 6. The number of para-hydroxylation sites is 1. The first-order chi connectivity index (χ1) is 22.1. The Morgan fingerprint density at radius 1 is 0.711 bits per heavy atom. The highest BCUT2D eigenvalue weighted by molar-refractivity contribution is 6.19. The third kappa shape index (κ3) is 5.07. The molecule has 0 amide bonds. The van der Waals surface area contributed by atoms with Crippen molar-refractivity contribution in [3.05, 3.63) is 163 Å². The number of aromatic nitrogens is 2. The molecule has 2 aromatic heterocycles. The van der Waals surface area contributed by atoms with Gasteiger partial charge >= 0.3 is 0 Å². The second-order valence-corrected chi connectivity index (χ2v) is 11.3. The van der Waals surface area contributed by atoms with Crippen molar-refractivity contribution in [2.45, 2.75) is 13.8 Å². The molecular weight excluding hydrogens is 548 g/mol. The normalized spacial score (nSPS) is 12.8. The summed E-state index contributed by atoms with van der Waals surface area (Å²) >= 11 is 0. The van der Waals surface area contributed by atoms with Crippen LogP contribution in [0.5, 0.6) is 0 Å². The van der Waals surface area contributed by atoms with Gasteiger partial charge in [-0.2, -0.15) is 0 Å². The zero-order valence-corrected chi connectivity index (χ0v) is 25.4. The van der Waals surface area contributed by atoms with Crippen molar-refractivity contribution in [1.29, 1.82) is 0 Å². The fourth-order valence-electron chi connectivity index (χ4n) is 6.21. The molecule has 0 bridgehead atoms. The molecular formula is C41H34N4. The molecule has 0 spiro atoms. The molecule has 0 aliphatic rings. The Labute approximate surface area is 263 Å². The maximum absolute atomic E-state index is 6.23. The molecule has 0 radical (unpaired) electrons. The van der Waals surface area contributed by atoms with E-state index >= 15 is 0 Å². The van der Waals surface area contributed by atoms with Gasteiger partial charge in [-0.15, -0.1) is 0 Å². The van der Waals surface area contributed by atoms with Gasteiger partial charge in [0, 0.05) is 45.5 Å². The highest BCUT2D eigenvalue weighted by Gasteiger charge is 2.16. The predicted octanol–water partition coefficient (Wildman–Crippen LogP) is 9.72. The van der Waals surface area contributed by atoms with Crippen LogP contribution in [-0.4, -0.2) is 9.55 Å². The van der Waals surface area contributed by atoms with Gasteiger partial charge in [0.1, 0.15) is 0 Å². The molecule has 218 valence electrons. The van der Waals surface area contributed by atoms with Gasteiger partial charge in [0.05, 0.1) is 16.7 Å². The Morgan fingerprint density at radius 2 is 1.49 bits per heavy atom. The lowest BCUT2D eigenvalue weighted by Gasteiger charge is -2.12. The SMILES string of the molecule is C/C=C(\N)c1cccc(-c2ccc3c(ccc4c5ccc(/C(C)=C/C(=C\N)c6ccccn6)cc5n(-c5ccccc5)c34)c2)c1. The van der Waals surface area contributed by atoms with Crippen LogP contribution >= 0.6 is 0 Å². The maximum Gasteiger partial charge on any atom is 0.0716 e. The van der Waals surface area contributed by atoms with E-state index in [1.807, 2.05) is 31.2 Å². The van der Waals surface area contributed by atoms with E-state index in [0.717, 1.165) is 56.0 Å². The summed E-state index contributed by atoms with van der Waals surface area (Å²) in [6, 6.07) is 42.9. The number of nitrogens with zero attached hydrogens (tertiary/aromatic N) is 2. The molecule has 4 heteroatoms. The van der Waals surface area contributed by atoms with Crippen molar-refractivity contribution in [1.82, 2.24) is 9.55 Å². The third-order valence-electron chi connectivity index (χ3n) is 8.57. The largest absolute Gasteiger partial charge is 0.404 e. The fourth-order valence-corrected chi connectivity index (χ4v) is 6.21. The van der Waals surface area contributed by atoms with Crippen LogP contribution < -0.4 is 11.5 Å². The van der Waals surface area contributed by atoms with Crippen molar-refractivity contribution < 1.29 is 0 Å². The van der Waals surface area contributed by atoms with E-state index in [2.05, 4.69) is 126 Å². The molecule has 2 heterocycles. The van der Waals surface area contributed by atoms with Crippen molar-refractivity contribution in [3.8, 4) is 16.8 Å². The monoisotopic (exact) mass is 582 g/mol. The molecule has 4 nitrogen and oxygen atoms in total. The zero-order chi connectivity index (χ0) is 30.9. The average Bonchev–Trinajstić information content (AvgIpc) is 3.44. The van der Waals surface area contributed by atoms with Crippen molar-refractivity contribution in [3.63, 3.8) is 0 Å². The third-order valence-corrected chi connectivity index (χ3v) is 8.57. The lowest BCUT2D eigenvalue weighted by atomic mass is 9.97. The molecule has 0 atom stereocenters. The van der Waals surface area contributed by atoms with E-state index in [1.54, 1.807) is 12.4 Å². The van der Waals surface area contributed by atoms with Crippen LogP contribution in [0, 0.1) is 0 Å². The summed E-state index contributed by atoms with van der Waals surface area (Å²) in [7, 11) is 0. The number of benzene rings is 5. The molecule has 4 N–H and O–H groups in total.